The third-order valence-corrected chi connectivity index (χ3v) is 4.10. The lowest BCUT2D eigenvalue weighted by Crippen LogP contribution is -2.28. The molecule has 1 saturated heterocycles. The fraction of sp³-hybridized carbons (Fsp3) is 0.600. The number of hydrogen-bond acceptors (Lipinski definition) is 4. The molecule has 82 valence electrons. The summed E-state index contributed by atoms with van der Waals surface area (Å²) in [5.41, 5.74) is 0.772. The monoisotopic (exact) mass is 225 g/mol. The summed E-state index contributed by atoms with van der Waals surface area (Å²) in [6, 6.07) is 0.382. The molecule has 4 nitrogen and oxygen atoms in total. The van der Waals surface area contributed by atoms with Crippen molar-refractivity contribution in [1.29, 1.82) is 0 Å². The van der Waals surface area contributed by atoms with Crippen LogP contribution in [-0.4, -0.2) is 32.5 Å². The summed E-state index contributed by atoms with van der Waals surface area (Å²) in [4.78, 5) is 8.23. The van der Waals surface area contributed by atoms with E-state index in [9.17, 15) is 4.21 Å². The van der Waals surface area contributed by atoms with Gasteiger partial charge in [0.15, 0.2) is 0 Å². The number of hydrogen-bond donors (Lipinski definition) is 1. The third kappa shape index (κ3) is 2.60. The first kappa shape index (κ1) is 10.7. The second kappa shape index (κ2) is 4.81. The summed E-state index contributed by atoms with van der Waals surface area (Å²) in [5.74, 6) is 0.652. The smallest absolute Gasteiger partial charge is 0.148 e. The van der Waals surface area contributed by atoms with Crippen molar-refractivity contribution in [2.75, 3.05) is 12.3 Å². The van der Waals surface area contributed by atoms with Gasteiger partial charge in [0.1, 0.15) is 5.03 Å². The van der Waals surface area contributed by atoms with Crippen LogP contribution in [0.3, 0.4) is 0 Å². The summed E-state index contributed by atoms with van der Waals surface area (Å²) >= 11 is 0. The summed E-state index contributed by atoms with van der Waals surface area (Å²) < 4.78 is 12.0. The predicted molar refractivity (Wildman–Crippen MR) is 59.1 cm³/mol. The van der Waals surface area contributed by atoms with Gasteiger partial charge in [-0.15, -0.1) is 0 Å². The quantitative estimate of drug-likeness (QED) is 0.820. The van der Waals surface area contributed by atoms with E-state index in [0.717, 1.165) is 18.7 Å². The lowest BCUT2D eigenvalue weighted by atomic mass is 10.3. The van der Waals surface area contributed by atoms with E-state index in [-0.39, 0.29) is 0 Å². The van der Waals surface area contributed by atoms with E-state index in [1.165, 1.54) is 6.42 Å². The lowest BCUT2D eigenvalue weighted by Gasteiger charge is -2.09. The number of nitrogens with one attached hydrogen (secondary N) is 1. The molecule has 1 aliphatic heterocycles. The molecule has 1 aromatic rings. The average molecular weight is 225 g/mol. The van der Waals surface area contributed by atoms with Gasteiger partial charge < -0.3 is 5.32 Å². The molecule has 2 atom stereocenters. The van der Waals surface area contributed by atoms with Crippen molar-refractivity contribution >= 4 is 10.8 Å². The van der Waals surface area contributed by atoms with Gasteiger partial charge in [0, 0.05) is 24.2 Å². The molecule has 2 heterocycles. The Balaban J connectivity index is 2.04. The van der Waals surface area contributed by atoms with E-state index in [1.807, 2.05) is 6.92 Å². The van der Waals surface area contributed by atoms with Crippen LogP contribution < -0.4 is 5.32 Å². The molecule has 1 fully saturated rings. The molecule has 5 heteroatoms. The van der Waals surface area contributed by atoms with Crippen molar-refractivity contribution in [2.24, 2.45) is 0 Å². The number of rotatable bonds is 3. The predicted octanol–water partition coefficient (Wildman–Crippen LogP) is 0.645. The minimum atomic E-state index is -1.02. The second-order valence-electron chi connectivity index (χ2n) is 3.75. The lowest BCUT2D eigenvalue weighted by molar-refractivity contribution is 0.640. The van der Waals surface area contributed by atoms with E-state index in [1.54, 1.807) is 12.4 Å². The normalized spacial score (nSPS) is 22.9. The van der Waals surface area contributed by atoms with Crippen LogP contribution in [0.1, 0.15) is 18.5 Å². The maximum absolute atomic E-state index is 12.0. The maximum atomic E-state index is 12.0. The Morgan fingerprint density at radius 3 is 3.00 bits per heavy atom. The van der Waals surface area contributed by atoms with Crippen molar-refractivity contribution in [2.45, 2.75) is 30.8 Å². The van der Waals surface area contributed by atoms with Gasteiger partial charge in [-0.25, -0.2) is 4.98 Å². The molecule has 0 aliphatic carbocycles. The van der Waals surface area contributed by atoms with Gasteiger partial charge in [-0.3, -0.25) is 9.19 Å². The van der Waals surface area contributed by atoms with Crippen LogP contribution in [-0.2, 0) is 10.8 Å². The largest absolute Gasteiger partial charge is 0.313 e. The van der Waals surface area contributed by atoms with Gasteiger partial charge in [0.25, 0.3) is 0 Å². The molecule has 0 unspecified atom stereocenters. The molecule has 0 spiro atoms. The van der Waals surface area contributed by atoms with E-state index in [2.05, 4.69) is 15.3 Å². The molecule has 1 aromatic heterocycles. The number of nitrogens with zero attached hydrogens (tertiary/aromatic N) is 2. The highest BCUT2D eigenvalue weighted by atomic mass is 32.2. The molecular weight excluding hydrogens is 210 g/mol. The van der Waals surface area contributed by atoms with Crippen molar-refractivity contribution in [3.05, 3.63) is 18.1 Å². The van der Waals surface area contributed by atoms with Crippen LogP contribution in [0.15, 0.2) is 17.4 Å². The van der Waals surface area contributed by atoms with Crippen LogP contribution in [0, 0.1) is 6.92 Å². The highest BCUT2D eigenvalue weighted by Crippen LogP contribution is 2.12. The third-order valence-electron chi connectivity index (χ3n) is 2.57. The first-order valence-corrected chi connectivity index (χ1v) is 6.48. The molecule has 0 amide bonds. The molecule has 2 rings (SSSR count). The van der Waals surface area contributed by atoms with Gasteiger partial charge in [0.05, 0.1) is 16.5 Å². The van der Waals surface area contributed by atoms with Crippen molar-refractivity contribution in [1.82, 2.24) is 15.3 Å². The van der Waals surface area contributed by atoms with Crippen LogP contribution in [0.2, 0.25) is 0 Å². The molecule has 0 bridgehead atoms. The Kier molecular flexibility index (Phi) is 3.43. The molecule has 1 N–H and O–H groups in total. The molecule has 15 heavy (non-hydrogen) atoms. The summed E-state index contributed by atoms with van der Waals surface area (Å²) in [6.45, 7) is 2.89. The summed E-state index contributed by atoms with van der Waals surface area (Å²) in [6.07, 6.45) is 5.53. The van der Waals surface area contributed by atoms with Gasteiger partial charge in [-0.2, -0.15) is 0 Å². The first-order valence-electron chi connectivity index (χ1n) is 5.17. The molecular formula is C10H15N3OS. The average Bonchev–Trinajstić information content (AvgIpc) is 2.71. The zero-order valence-corrected chi connectivity index (χ0v) is 9.59. The first-order chi connectivity index (χ1) is 7.27. The summed E-state index contributed by atoms with van der Waals surface area (Å²) in [7, 11) is -1.02. The Hall–Kier alpha value is -0.810. The van der Waals surface area contributed by atoms with Crippen LogP contribution >= 0.6 is 0 Å². The van der Waals surface area contributed by atoms with Crippen LogP contribution in [0.4, 0.5) is 0 Å². The highest BCUT2D eigenvalue weighted by molar-refractivity contribution is 7.85. The zero-order chi connectivity index (χ0) is 10.7. The van der Waals surface area contributed by atoms with Gasteiger partial charge >= 0.3 is 0 Å². The molecule has 0 aromatic carbocycles. The molecule has 0 saturated carbocycles. The Labute approximate surface area is 92.0 Å². The molecule has 0 radical (unpaired) electrons. The van der Waals surface area contributed by atoms with Gasteiger partial charge in [-0.1, -0.05) is 0 Å². The minimum Gasteiger partial charge on any atom is -0.313 e. The van der Waals surface area contributed by atoms with E-state index < -0.39 is 10.8 Å². The zero-order valence-electron chi connectivity index (χ0n) is 8.77. The van der Waals surface area contributed by atoms with E-state index in [0.29, 0.717) is 16.8 Å². The fourth-order valence-electron chi connectivity index (χ4n) is 1.78. The minimum absolute atomic E-state index is 0.382. The van der Waals surface area contributed by atoms with Crippen molar-refractivity contribution in [3.63, 3.8) is 0 Å². The van der Waals surface area contributed by atoms with Crippen molar-refractivity contribution < 1.29 is 4.21 Å². The SMILES string of the molecule is Cc1nccnc1[S@](=O)C[C@@H]1CCCN1. The van der Waals surface area contributed by atoms with E-state index >= 15 is 0 Å². The Morgan fingerprint density at radius 2 is 2.33 bits per heavy atom. The topological polar surface area (TPSA) is 54.9 Å². The highest BCUT2D eigenvalue weighted by Gasteiger charge is 2.19. The van der Waals surface area contributed by atoms with Crippen LogP contribution in [0.5, 0.6) is 0 Å². The second-order valence-corrected chi connectivity index (χ2v) is 5.16. The van der Waals surface area contributed by atoms with E-state index in [4.69, 9.17) is 0 Å². The molecule has 1 aliphatic rings. The summed E-state index contributed by atoms with van der Waals surface area (Å²) in [5, 5.41) is 3.97. The Bertz CT molecular complexity index is 363. The number of aromatic nitrogens is 2. The van der Waals surface area contributed by atoms with Gasteiger partial charge in [0.2, 0.25) is 0 Å². The maximum Gasteiger partial charge on any atom is 0.148 e. The standard InChI is InChI=1S/C10H15N3OS/c1-8-10(13-6-5-11-8)15(14)7-9-3-2-4-12-9/h5-6,9,12H,2-4,7H2,1H3/t9-,15+/m0/s1. The van der Waals surface area contributed by atoms with Crippen LogP contribution in [0.25, 0.3) is 0 Å². The fourth-order valence-corrected chi connectivity index (χ4v) is 3.15. The van der Waals surface area contributed by atoms with Crippen molar-refractivity contribution in [3.8, 4) is 0 Å². The Morgan fingerprint density at radius 1 is 1.53 bits per heavy atom. The number of aryl methyl sites for hydroxylation is 1. The van der Waals surface area contributed by atoms with Gasteiger partial charge in [-0.05, 0) is 26.3 Å².